The molecule has 0 aliphatic carbocycles. The van der Waals surface area contributed by atoms with E-state index < -0.39 is 0 Å². The van der Waals surface area contributed by atoms with Crippen LogP contribution in [0.3, 0.4) is 0 Å². The molecule has 1 aliphatic heterocycles. The number of hydrogen-bond donors (Lipinski definition) is 1. The molecule has 1 saturated heterocycles. The number of likely N-dealkylation sites (tertiary alicyclic amines) is 1. The van der Waals surface area contributed by atoms with Crippen molar-refractivity contribution in [1.29, 1.82) is 0 Å². The second kappa shape index (κ2) is 6.87. The molecule has 1 aliphatic rings. The quantitative estimate of drug-likeness (QED) is 0.905. The Morgan fingerprint density at radius 2 is 2.05 bits per heavy atom. The second-order valence-electron chi connectivity index (χ2n) is 5.81. The fraction of sp³-hybridized carbons (Fsp3) is 0.625. The largest absolute Gasteiger partial charge is 0.307 e. The first-order valence-corrected chi connectivity index (χ1v) is 8.09. The highest BCUT2D eigenvalue weighted by molar-refractivity contribution is 9.10. The molecule has 0 spiro atoms. The maximum absolute atomic E-state index is 3.87. The van der Waals surface area contributed by atoms with Crippen molar-refractivity contribution in [3.8, 4) is 0 Å². The van der Waals surface area contributed by atoms with Gasteiger partial charge in [-0.15, -0.1) is 0 Å². The van der Waals surface area contributed by atoms with Gasteiger partial charge in [0.2, 0.25) is 0 Å². The molecule has 1 aromatic carbocycles. The van der Waals surface area contributed by atoms with Crippen LogP contribution >= 0.6 is 15.9 Å². The molecule has 106 valence electrons. The van der Waals surface area contributed by atoms with Gasteiger partial charge in [-0.2, -0.15) is 0 Å². The Balaban J connectivity index is 2.01. The molecule has 3 heteroatoms. The van der Waals surface area contributed by atoms with Gasteiger partial charge in [0.05, 0.1) is 0 Å². The lowest BCUT2D eigenvalue weighted by Crippen LogP contribution is -2.47. The van der Waals surface area contributed by atoms with Crippen molar-refractivity contribution in [2.24, 2.45) is 5.92 Å². The Morgan fingerprint density at radius 3 is 2.63 bits per heavy atom. The van der Waals surface area contributed by atoms with Crippen LogP contribution in [0.2, 0.25) is 0 Å². The third-order valence-electron chi connectivity index (χ3n) is 4.20. The van der Waals surface area contributed by atoms with E-state index in [2.05, 4.69) is 71.3 Å². The molecule has 1 aromatic rings. The van der Waals surface area contributed by atoms with E-state index >= 15 is 0 Å². The highest BCUT2D eigenvalue weighted by atomic mass is 79.9. The van der Waals surface area contributed by atoms with Gasteiger partial charge in [-0.3, -0.25) is 0 Å². The molecule has 1 fully saturated rings. The summed E-state index contributed by atoms with van der Waals surface area (Å²) in [6.07, 6.45) is 2.39. The molecule has 0 bridgehead atoms. The van der Waals surface area contributed by atoms with Gasteiger partial charge in [-0.1, -0.05) is 41.9 Å². The molecule has 1 heterocycles. The van der Waals surface area contributed by atoms with Gasteiger partial charge in [0.25, 0.3) is 0 Å². The summed E-state index contributed by atoms with van der Waals surface area (Å²) >= 11 is 3.51. The number of rotatable bonds is 4. The van der Waals surface area contributed by atoms with E-state index in [0.29, 0.717) is 12.1 Å². The summed E-state index contributed by atoms with van der Waals surface area (Å²) in [7, 11) is 2.22. The van der Waals surface area contributed by atoms with Crippen LogP contribution in [0.4, 0.5) is 0 Å². The van der Waals surface area contributed by atoms with E-state index in [0.717, 1.165) is 16.8 Å². The van der Waals surface area contributed by atoms with Crippen molar-refractivity contribution in [2.45, 2.75) is 38.8 Å². The zero-order chi connectivity index (χ0) is 13.8. The van der Waals surface area contributed by atoms with E-state index in [1.165, 1.54) is 25.1 Å². The Bertz CT molecular complexity index is 390. The molecule has 0 radical (unpaired) electrons. The van der Waals surface area contributed by atoms with Crippen LogP contribution in [0.25, 0.3) is 0 Å². The zero-order valence-electron chi connectivity index (χ0n) is 12.2. The van der Waals surface area contributed by atoms with E-state index in [4.69, 9.17) is 0 Å². The van der Waals surface area contributed by atoms with Crippen molar-refractivity contribution >= 4 is 15.9 Å². The zero-order valence-corrected chi connectivity index (χ0v) is 13.8. The summed E-state index contributed by atoms with van der Waals surface area (Å²) in [5, 5.41) is 3.87. The van der Waals surface area contributed by atoms with Gasteiger partial charge in [-0.05, 0) is 50.0 Å². The van der Waals surface area contributed by atoms with Crippen LogP contribution in [0.15, 0.2) is 28.7 Å². The molecule has 0 aromatic heterocycles. The first-order valence-electron chi connectivity index (χ1n) is 7.30. The summed E-state index contributed by atoms with van der Waals surface area (Å²) in [6, 6.07) is 9.85. The predicted octanol–water partition coefficient (Wildman–Crippen LogP) is 3.83. The molecule has 0 amide bonds. The van der Waals surface area contributed by atoms with Crippen molar-refractivity contribution in [1.82, 2.24) is 10.2 Å². The van der Waals surface area contributed by atoms with Crippen LogP contribution in [-0.2, 0) is 0 Å². The number of nitrogens with zero attached hydrogens (tertiary/aromatic N) is 1. The minimum absolute atomic E-state index is 0.476. The molecule has 2 nitrogen and oxygen atoms in total. The van der Waals surface area contributed by atoms with Gasteiger partial charge in [0, 0.05) is 23.1 Å². The smallest absolute Gasteiger partial charge is 0.0320 e. The molecule has 19 heavy (non-hydrogen) atoms. The molecule has 2 rings (SSSR count). The summed E-state index contributed by atoms with van der Waals surface area (Å²) in [6.45, 7) is 7.04. The third-order valence-corrected chi connectivity index (χ3v) is 4.73. The van der Waals surface area contributed by atoms with Crippen LogP contribution < -0.4 is 5.32 Å². The summed E-state index contributed by atoms with van der Waals surface area (Å²) in [5.74, 6) is 0.725. The standard InChI is InChI=1S/C16H25BrN2/c1-4-15(13-5-7-14(17)8-6-13)18-16-9-10-19(3)11-12(16)2/h5-8,12,15-16,18H,4,9-11H2,1-3H3. The van der Waals surface area contributed by atoms with Crippen molar-refractivity contribution in [3.05, 3.63) is 34.3 Å². The first-order chi connectivity index (χ1) is 9.10. The average molecular weight is 325 g/mol. The van der Waals surface area contributed by atoms with Crippen LogP contribution in [-0.4, -0.2) is 31.1 Å². The Morgan fingerprint density at radius 1 is 1.37 bits per heavy atom. The van der Waals surface area contributed by atoms with Crippen LogP contribution in [0.5, 0.6) is 0 Å². The molecular weight excluding hydrogens is 300 g/mol. The minimum Gasteiger partial charge on any atom is -0.307 e. The van der Waals surface area contributed by atoms with E-state index in [9.17, 15) is 0 Å². The maximum Gasteiger partial charge on any atom is 0.0320 e. The molecule has 3 unspecified atom stereocenters. The Labute approximate surface area is 125 Å². The number of halogens is 1. The number of benzene rings is 1. The fourth-order valence-electron chi connectivity index (χ4n) is 3.01. The van der Waals surface area contributed by atoms with E-state index in [-0.39, 0.29) is 0 Å². The lowest BCUT2D eigenvalue weighted by atomic mass is 9.92. The van der Waals surface area contributed by atoms with Crippen LogP contribution in [0.1, 0.15) is 38.3 Å². The Kier molecular flexibility index (Phi) is 5.43. The topological polar surface area (TPSA) is 15.3 Å². The number of piperidine rings is 1. The van der Waals surface area contributed by atoms with Gasteiger partial charge >= 0.3 is 0 Å². The van der Waals surface area contributed by atoms with Gasteiger partial charge in [0.1, 0.15) is 0 Å². The Hall–Kier alpha value is -0.380. The lowest BCUT2D eigenvalue weighted by Gasteiger charge is -2.37. The van der Waals surface area contributed by atoms with Crippen molar-refractivity contribution in [3.63, 3.8) is 0 Å². The second-order valence-corrected chi connectivity index (χ2v) is 6.73. The predicted molar refractivity (Wildman–Crippen MR) is 85.4 cm³/mol. The van der Waals surface area contributed by atoms with Crippen molar-refractivity contribution < 1.29 is 0 Å². The van der Waals surface area contributed by atoms with E-state index in [1.54, 1.807) is 0 Å². The van der Waals surface area contributed by atoms with Gasteiger partial charge in [-0.25, -0.2) is 0 Å². The normalized spacial score (nSPS) is 26.3. The van der Waals surface area contributed by atoms with Gasteiger partial charge in [0.15, 0.2) is 0 Å². The van der Waals surface area contributed by atoms with E-state index in [1.807, 2.05) is 0 Å². The highest BCUT2D eigenvalue weighted by Crippen LogP contribution is 2.24. The number of nitrogens with one attached hydrogen (secondary N) is 1. The lowest BCUT2D eigenvalue weighted by molar-refractivity contribution is 0.165. The van der Waals surface area contributed by atoms with Crippen molar-refractivity contribution in [2.75, 3.05) is 20.1 Å². The molecule has 0 saturated carbocycles. The number of hydrogen-bond acceptors (Lipinski definition) is 2. The third kappa shape index (κ3) is 4.04. The SMILES string of the molecule is CCC(NC1CCN(C)CC1C)c1ccc(Br)cc1. The van der Waals surface area contributed by atoms with Crippen LogP contribution in [0, 0.1) is 5.92 Å². The minimum atomic E-state index is 0.476. The molecule has 1 N–H and O–H groups in total. The summed E-state index contributed by atoms with van der Waals surface area (Å²) in [5.41, 5.74) is 1.40. The highest BCUT2D eigenvalue weighted by Gasteiger charge is 2.26. The molecular formula is C16H25BrN2. The molecule has 3 atom stereocenters. The monoisotopic (exact) mass is 324 g/mol. The van der Waals surface area contributed by atoms with Gasteiger partial charge < -0.3 is 10.2 Å². The average Bonchev–Trinajstić information content (AvgIpc) is 2.39. The fourth-order valence-corrected chi connectivity index (χ4v) is 3.27. The maximum atomic E-state index is 3.87. The first kappa shape index (κ1) is 15.0. The summed E-state index contributed by atoms with van der Waals surface area (Å²) in [4.78, 5) is 2.43. The summed E-state index contributed by atoms with van der Waals surface area (Å²) < 4.78 is 1.15.